The van der Waals surface area contributed by atoms with Crippen LogP contribution in [0.4, 0.5) is 0 Å². The highest BCUT2D eigenvalue weighted by atomic mass is 15.1. The van der Waals surface area contributed by atoms with Gasteiger partial charge in [-0.3, -0.25) is 4.90 Å². The van der Waals surface area contributed by atoms with Crippen LogP contribution in [0.5, 0.6) is 0 Å². The first-order chi connectivity index (χ1) is 11.8. The van der Waals surface area contributed by atoms with Gasteiger partial charge in [0.2, 0.25) is 0 Å². The molecule has 122 valence electrons. The molecule has 1 aliphatic heterocycles. The number of piperidine rings is 1. The number of fused-ring (bicyclic) bond motifs is 4. The Bertz CT molecular complexity index is 854. The smallest absolute Gasteiger partial charge is 0.0459 e. The molecule has 2 aliphatic rings. The Labute approximate surface area is 143 Å². The molecule has 1 saturated heterocycles. The first-order valence-electron chi connectivity index (χ1n) is 9.20. The second-order valence-corrected chi connectivity index (χ2v) is 7.57. The van der Waals surface area contributed by atoms with Crippen LogP contribution < -0.4 is 0 Å². The summed E-state index contributed by atoms with van der Waals surface area (Å²) in [4.78, 5) is 6.41. The number of rotatable bonds is 2. The van der Waals surface area contributed by atoms with E-state index in [1.165, 1.54) is 55.2 Å². The van der Waals surface area contributed by atoms with Crippen LogP contribution >= 0.6 is 0 Å². The Kier molecular flexibility index (Phi) is 3.27. The van der Waals surface area contributed by atoms with Gasteiger partial charge < -0.3 is 4.98 Å². The Morgan fingerprint density at radius 1 is 0.875 bits per heavy atom. The number of likely N-dealkylation sites (tertiary alicyclic amines) is 1. The van der Waals surface area contributed by atoms with Crippen molar-refractivity contribution in [3.05, 3.63) is 71.4 Å². The number of nitrogens with one attached hydrogen (secondary N) is 1. The van der Waals surface area contributed by atoms with Gasteiger partial charge in [0, 0.05) is 28.6 Å². The topological polar surface area (TPSA) is 19.0 Å². The highest BCUT2D eigenvalue weighted by Crippen LogP contribution is 2.48. The molecule has 1 spiro atoms. The van der Waals surface area contributed by atoms with E-state index in [9.17, 15) is 0 Å². The second kappa shape index (κ2) is 5.49. The van der Waals surface area contributed by atoms with E-state index in [0.29, 0.717) is 5.41 Å². The third kappa shape index (κ3) is 2.21. The first kappa shape index (κ1) is 14.3. The van der Waals surface area contributed by atoms with E-state index in [1.807, 2.05) is 0 Å². The minimum atomic E-state index is 0.404. The van der Waals surface area contributed by atoms with Crippen molar-refractivity contribution in [1.82, 2.24) is 9.88 Å². The zero-order chi connectivity index (χ0) is 16.0. The summed E-state index contributed by atoms with van der Waals surface area (Å²) in [5.74, 6) is 0. The predicted molar refractivity (Wildman–Crippen MR) is 99.3 cm³/mol. The van der Waals surface area contributed by atoms with Crippen molar-refractivity contribution in [2.45, 2.75) is 37.6 Å². The van der Waals surface area contributed by atoms with Gasteiger partial charge in [0.05, 0.1) is 0 Å². The van der Waals surface area contributed by atoms with E-state index in [-0.39, 0.29) is 0 Å². The Hall–Kier alpha value is -2.06. The summed E-state index contributed by atoms with van der Waals surface area (Å²) in [5, 5.41) is 1.45. The molecule has 0 radical (unpaired) electrons. The van der Waals surface area contributed by atoms with Crippen molar-refractivity contribution in [2.75, 3.05) is 13.1 Å². The van der Waals surface area contributed by atoms with E-state index >= 15 is 0 Å². The molecular formula is C22H24N2. The molecule has 1 fully saturated rings. The average molecular weight is 316 g/mol. The van der Waals surface area contributed by atoms with Crippen molar-refractivity contribution in [3.8, 4) is 0 Å². The van der Waals surface area contributed by atoms with Crippen LogP contribution in [0.25, 0.3) is 10.9 Å². The molecule has 0 amide bonds. The van der Waals surface area contributed by atoms with Crippen LogP contribution in [0, 0.1) is 0 Å². The highest BCUT2D eigenvalue weighted by Gasteiger charge is 2.43. The van der Waals surface area contributed by atoms with Crippen LogP contribution in [0.3, 0.4) is 0 Å². The minimum Gasteiger partial charge on any atom is -0.358 e. The summed E-state index contributed by atoms with van der Waals surface area (Å²) in [5.41, 5.74) is 6.33. The molecule has 24 heavy (non-hydrogen) atoms. The van der Waals surface area contributed by atoms with Gasteiger partial charge >= 0.3 is 0 Å². The molecule has 2 heteroatoms. The van der Waals surface area contributed by atoms with Crippen molar-refractivity contribution in [3.63, 3.8) is 0 Å². The molecule has 2 heterocycles. The van der Waals surface area contributed by atoms with Gasteiger partial charge in [0.1, 0.15) is 0 Å². The summed E-state index contributed by atoms with van der Waals surface area (Å²) in [6.45, 7) is 3.52. The lowest BCUT2D eigenvalue weighted by Crippen LogP contribution is -2.41. The number of H-pyrrole nitrogens is 1. The lowest BCUT2D eigenvalue weighted by Gasteiger charge is -2.39. The van der Waals surface area contributed by atoms with Gasteiger partial charge in [-0.1, -0.05) is 48.5 Å². The lowest BCUT2D eigenvalue weighted by molar-refractivity contribution is 0.150. The molecular weight excluding hydrogens is 292 g/mol. The first-order valence-corrected chi connectivity index (χ1v) is 9.20. The molecule has 0 atom stereocenters. The van der Waals surface area contributed by atoms with E-state index in [4.69, 9.17) is 0 Å². The number of aromatic nitrogens is 1. The lowest BCUT2D eigenvalue weighted by atomic mass is 9.76. The van der Waals surface area contributed by atoms with Gasteiger partial charge in [-0.15, -0.1) is 0 Å². The fourth-order valence-electron chi connectivity index (χ4n) is 4.88. The van der Waals surface area contributed by atoms with E-state index < -0.39 is 0 Å². The number of aryl methyl sites for hydroxylation is 1. The van der Waals surface area contributed by atoms with Crippen molar-refractivity contribution >= 4 is 10.9 Å². The maximum atomic E-state index is 3.78. The zero-order valence-corrected chi connectivity index (χ0v) is 14.1. The Morgan fingerprint density at radius 2 is 1.62 bits per heavy atom. The summed E-state index contributed by atoms with van der Waals surface area (Å²) in [6, 6.07) is 19.7. The summed E-state index contributed by atoms with van der Waals surface area (Å²) >= 11 is 0. The van der Waals surface area contributed by atoms with Crippen LogP contribution in [-0.4, -0.2) is 23.0 Å². The highest BCUT2D eigenvalue weighted by molar-refractivity contribution is 5.85. The second-order valence-electron chi connectivity index (χ2n) is 7.57. The summed E-state index contributed by atoms with van der Waals surface area (Å²) in [7, 11) is 0. The van der Waals surface area contributed by atoms with Crippen molar-refractivity contribution in [2.24, 2.45) is 0 Å². The maximum absolute atomic E-state index is 3.78. The molecule has 1 aliphatic carbocycles. The molecule has 0 unspecified atom stereocenters. The molecule has 2 aromatic carbocycles. The molecule has 5 rings (SSSR count). The van der Waals surface area contributed by atoms with Crippen LogP contribution in [-0.2, 0) is 18.4 Å². The average Bonchev–Trinajstić information content (AvgIpc) is 3.17. The van der Waals surface area contributed by atoms with Crippen LogP contribution in [0.2, 0.25) is 0 Å². The standard InChI is InChI=1S/C22H24N2/c1-2-6-17(7-3-1)16-24-14-12-22(13-15-24)11-10-19-18-8-4-5-9-20(18)23-21(19)22/h1-9,23H,10-16H2. The van der Waals surface area contributed by atoms with Gasteiger partial charge in [0.25, 0.3) is 0 Å². The van der Waals surface area contributed by atoms with Crippen LogP contribution in [0.15, 0.2) is 54.6 Å². The number of hydrogen-bond donors (Lipinski definition) is 1. The SMILES string of the molecule is c1ccc(CN2CCC3(CCc4c3[nH]c3ccccc43)CC2)cc1. The number of para-hydroxylation sites is 1. The van der Waals surface area contributed by atoms with Gasteiger partial charge in [-0.05, 0) is 56.0 Å². The fourth-order valence-corrected chi connectivity index (χ4v) is 4.88. The normalized spacial score (nSPS) is 19.8. The van der Waals surface area contributed by atoms with Gasteiger partial charge in [-0.2, -0.15) is 0 Å². The number of nitrogens with zero attached hydrogens (tertiary/aromatic N) is 1. The largest absolute Gasteiger partial charge is 0.358 e. The fraction of sp³-hybridized carbons (Fsp3) is 0.364. The molecule has 1 N–H and O–H groups in total. The molecule has 0 saturated carbocycles. The van der Waals surface area contributed by atoms with E-state index in [2.05, 4.69) is 64.5 Å². The van der Waals surface area contributed by atoms with Crippen molar-refractivity contribution < 1.29 is 0 Å². The third-order valence-corrected chi connectivity index (χ3v) is 6.26. The van der Waals surface area contributed by atoms with Gasteiger partial charge in [-0.25, -0.2) is 0 Å². The van der Waals surface area contributed by atoms with Crippen LogP contribution in [0.1, 0.15) is 36.1 Å². The van der Waals surface area contributed by atoms with Crippen molar-refractivity contribution in [1.29, 1.82) is 0 Å². The quantitative estimate of drug-likeness (QED) is 0.729. The number of aromatic amines is 1. The predicted octanol–water partition coefficient (Wildman–Crippen LogP) is 4.65. The summed E-state index contributed by atoms with van der Waals surface area (Å²) in [6.07, 6.45) is 5.16. The van der Waals surface area contributed by atoms with E-state index in [0.717, 1.165) is 6.54 Å². The molecule has 3 aromatic rings. The third-order valence-electron chi connectivity index (χ3n) is 6.26. The zero-order valence-electron chi connectivity index (χ0n) is 14.1. The monoisotopic (exact) mass is 316 g/mol. The molecule has 1 aromatic heterocycles. The molecule has 0 bridgehead atoms. The summed E-state index contributed by atoms with van der Waals surface area (Å²) < 4.78 is 0. The molecule has 2 nitrogen and oxygen atoms in total. The number of hydrogen-bond acceptors (Lipinski definition) is 1. The Balaban J connectivity index is 1.37. The maximum Gasteiger partial charge on any atom is 0.0459 e. The minimum absolute atomic E-state index is 0.404. The van der Waals surface area contributed by atoms with E-state index in [1.54, 1.807) is 11.3 Å². The Morgan fingerprint density at radius 3 is 2.46 bits per heavy atom. The number of benzene rings is 2. The van der Waals surface area contributed by atoms with Gasteiger partial charge in [0.15, 0.2) is 0 Å².